The van der Waals surface area contributed by atoms with Gasteiger partial charge in [-0.3, -0.25) is 0 Å². The summed E-state index contributed by atoms with van der Waals surface area (Å²) in [5, 5.41) is 0. The van der Waals surface area contributed by atoms with Crippen molar-refractivity contribution < 1.29 is 17.9 Å². The minimum Gasteiger partial charge on any atom is -0.370 e. The average molecular weight is 194 g/mol. The molecule has 2 nitrogen and oxygen atoms in total. The molecule has 70 valence electrons. The zero-order chi connectivity index (χ0) is 8.20. The van der Waals surface area contributed by atoms with E-state index >= 15 is 0 Å². The molecular formula is C5H11ClF3NO. The molecule has 0 aliphatic rings. The first-order chi connectivity index (χ1) is 4.42. The Morgan fingerprint density at radius 1 is 1.45 bits per heavy atom. The predicted octanol–water partition coefficient (Wildman–Crippen LogP) is 1.33. The number of hydrogen-bond donors (Lipinski definition) is 1. The van der Waals surface area contributed by atoms with E-state index in [1.54, 1.807) is 6.92 Å². The first kappa shape index (κ1) is 13.6. The molecule has 1 unspecified atom stereocenters. The summed E-state index contributed by atoms with van der Waals surface area (Å²) in [6.45, 7) is 0.310. The molecule has 2 N–H and O–H groups in total. The van der Waals surface area contributed by atoms with E-state index < -0.39 is 12.8 Å². The second kappa shape index (κ2) is 5.62. The smallest absolute Gasteiger partial charge is 0.370 e. The van der Waals surface area contributed by atoms with Crippen LogP contribution in [0.3, 0.4) is 0 Å². The van der Waals surface area contributed by atoms with E-state index in [0.29, 0.717) is 0 Å². The Kier molecular flexibility index (Phi) is 6.94. The molecule has 0 spiro atoms. The molecular weight excluding hydrogens is 183 g/mol. The average Bonchev–Trinajstić information content (AvgIpc) is 1.59. The van der Waals surface area contributed by atoms with Crippen molar-refractivity contribution in [1.29, 1.82) is 0 Å². The van der Waals surface area contributed by atoms with Crippen LogP contribution < -0.4 is 5.73 Å². The van der Waals surface area contributed by atoms with Gasteiger partial charge in [-0.25, -0.2) is 0 Å². The third-order valence-corrected chi connectivity index (χ3v) is 0.646. The van der Waals surface area contributed by atoms with Crippen molar-refractivity contribution in [3.8, 4) is 0 Å². The fraction of sp³-hybridized carbons (Fsp3) is 1.00. The van der Waals surface area contributed by atoms with Gasteiger partial charge in [0.25, 0.3) is 0 Å². The Hall–Kier alpha value is -0.0000000000000000555. The number of hydrogen-bond acceptors (Lipinski definition) is 2. The minimum atomic E-state index is -4.24. The summed E-state index contributed by atoms with van der Waals surface area (Å²) >= 11 is 0. The summed E-state index contributed by atoms with van der Waals surface area (Å²) < 4.78 is 38.2. The molecule has 1 atom stereocenters. The van der Waals surface area contributed by atoms with E-state index in [4.69, 9.17) is 5.73 Å². The quantitative estimate of drug-likeness (QED) is 0.734. The maximum atomic E-state index is 11.3. The van der Waals surface area contributed by atoms with Gasteiger partial charge in [0, 0.05) is 6.04 Å². The minimum absolute atomic E-state index is 0. The first-order valence-electron chi connectivity index (χ1n) is 2.82. The molecule has 0 aliphatic heterocycles. The molecule has 0 radical (unpaired) electrons. The highest BCUT2D eigenvalue weighted by Crippen LogP contribution is 2.14. The van der Waals surface area contributed by atoms with Crippen LogP contribution in [0.5, 0.6) is 0 Å². The van der Waals surface area contributed by atoms with Crippen LogP contribution in [0.4, 0.5) is 13.2 Å². The van der Waals surface area contributed by atoms with Gasteiger partial charge < -0.3 is 10.5 Å². The van der Waals surface area contributed by atoms with E-state index in [0.717, 1.165) is 0 Å². The van der Waals surface area contributed by atoms with Gasteiger partial charge in [-0.15, -0.1) is 12.4 Å². The van der Waals surface area contributed by atoms with Gasteiger partial charge in [-0.1, -0.05) is 0 Å². The molecule has 0 saturated carbocycles. The highest BCUT2D eigenvalue weighted by atomic mass is 35.5. The van der Waals surface area contributed by atoms with Gasteiger partial charge in [0.1, 0.15) is 6.61 Å². The molecule has 0 fully saturated rings. The van der Waals surface area contributed by atoms with Crippen molar-refractivity contribution in [1.82, 2.24) is 0 Å². The third-order valence-electron chi connectivity index (χ3n) is 0.646. The zero-order valence-electron chi connectivity index (χ0n) is 6.02. The summed E-state index contributed by atoms with van der Waals surface area (Å²) in [5.74, 6) is 0. The van der Waals surface area contributed by atoms with Gasteiger partial charge >= 0.3 is 6.18 Å². The van der Waals surface area contributed by atoms with Crippen LogP contribution in [0.25, 0.3) is 0 Å². The summed E-state index contributed by atoms with van der Waals surface area (Å²) in [6, 6.07) is -0.345. The Bertz CT molecular complexity index is 96.2. The summed E-state index contributed by atoms with van der Waals surface area (Å²) in [6.07, 6.45) is -4.24. The van der Waals surface area contributed by atoms with E-state index in [2.05, 4.69) is 4.74 Å². The molecule has 0 amide bonds. The molecule has 0 saturated heterocycles. The van der Waals surface area contributed by atoms with Crippen molar-refractivity contribution in [3.05, 3.63) is 0 Å². The Balaban J connectivity index is 0. The van der Waals surface area contributed by atoms with Gasteiger partial charge in [-0.05, 0) is 6.92 Å². The fourth-order valence-electron chi connectivity index (χ4n) is 0.361. The van der Waals surface area contributed by atoms with Crippen molar-refractivity contribution in [3.63, 3.8) is 0 Å². The monoisotopic (exact) mass is 193 g/mol. The maximum Gasteiger partial charge on any atom is 0.411 e. The molecule has 0 aliphatic carbocycles. The maximum absolute atomic E-state index is 11.3. The normalized spacial score (nSPS) is 13.9. The molecule has 0 bridgehead atoms. The van der Waals surface area contributed by atoms with Crippen molar-refractivity contribution in [2.75, 3.05) is 13.2 Å². The van der Waals surface area contributed by atoms with E-state index in [-0.39, 0.29) is 25.1 Å². The summed E-state index contributed by atoms with van der Waals surface area (Å²) in [4.78, 5) is 0. The second-order valence-corrected chi connectivity index (χ2v) is 2.11. The van der Waals surface area contributed by atoms with Crippen molar-refractivity contribution in [2.45, 2.75) is 19.1 Å². The van der Waals surface area contributed by atoms with E-state index in [1.165, 1.54) is 0 Å². The standard InChI is InChI=1S/C5H10F3NO.ClH/c1-4(9)2-10-3-5(6,7)8;/h4H,2-3,9H2,1H3;1H. The Morgan fingerprint density at radius 3 is 2.18 bits per heavy atom. The van der Waals surface area contributed by atoms with Gasteiger partial charge in [0.2, 0.25) is 0 Å². The van der Waals surface area contributed by atoms with Crippen LogP contribution in [0.15, 0.2) is 0 Å². The molecule has 0 aromatic rings. The van der Waals surface area contributed by atoms with Gasteiger partial charge in [0.15, 0.2) is 0 Å². The van der Waals surface area contributed by atoms with Crippen LogP contribution in [0.2, 0.25) is 0 Å². The number of alkyl halides is 3. The number of ether oxygens (including phenoxy) is 1. The van der Waals surface area contributed by atoms with Crippen LogP contribution in [0, 0.1) is 0 Å². The zero-order valence-corrected chi connectivity index (χ0v) is 6.84. The topological polar surface area (TPSA) is 35.2 Å². The fourth-order valence-corrected chi connectivity index (χ4v) is 0.361. The molecule has 11 heavy (non-hydrogen) atoms. The van der Waals surface area contributed by atoms with Crippen LogP contribution in [-0.2, 0) is 4.74 Å². The van der Waals surface area contributed by atoms with Crippen LogP contribution in [0.1, 0.15) is 6.92 Å². The van der Waals surface area contributed by atoms with Crippen molar-refractivity contribution in [2.24, 2.45) is 5.73 Å². The lowest BCUT2D eigenvalue weighted by Crippen LogP contribution is -2.26. The van der Waals surface area contributed by atoms with E-state index in [1.807, 2.05) is 0 Å². The lowest BCUT2D eigenvalue weighted by Gasteiger charge is -2.08. The molecule has 0 aromatic carbocycles. The van der Waals surface area contributed by atoms with E-state index in [9.17, 15) is 13.2 Å². The summed E-state index contributed by atoms with van der Waals surface area (Å²) in [5.41, 5.74) is 5.13. The highest BCUT2D eigenvalue weighted by Gasteiger charge is 2.27. The largest absolute Gasteiger partial charge is 0.411 e. The number of nitrogens with two attached hydrogens (primary N) is 1. The first-order valence-corrected chi connectivity index (χ1v) is 2.82. The lowest BCUT2D eigenvalue weighted by atomic mass is 10.4. The number of rotatable bonds is 3. The second-order valence-electron chi connectivity index (χ2n) is 2.11. The molecule has 6 heteroatoms. The van der Waals surface area contributed by atoms with Crippen LogP contribution >= 0.6 is 12.4 Å². The molecule has 0 heterocycles. The predicted molar refractivity (Wildman–Crippen MR) is 37.8 cm³/mol. The number of halogens is 4. The third kappa shape index (κ3) is 13.1. The van der Waals surface area contributed by atoms with Gasteiger partial charge in [0.05, 0.1) is 6.61 Å². The van der Waals surface area contributed by atoms with Gasteiger partial charge in [-0.2, -0.15) is 13.2 Å². The summed E-state index contributed by atoms with van der Waals surface area (Å²) in [7, 11) is 0. The molecule has 0 rings (SSSR count). The van der Waals surface area contributed by atoms with Crippen molar-refractivity contribution >= 4 is 12.4 Å². The molecule has 0 aromatic heterocycles. The Morgan fingerprint density at radius 2 is 1.91 bits per heavy atom. The van der Waals surface area contributed by atoms with Crippen LogP contribution in [-0.4, -0.2) is 25.4 Å². The lowest BCUT2D eigenvalue weighted by molar-refractivity contribution is -0.174. The SMILES string of the molecule is CC(N)COCC(F)(F)F.Cl. The highest BCUT2D eigenvalue weighted by molar-refractivity contribution is 5.85. The Labute approximate surface area is 69.3 Å².